The summed E-state index contributed by atoms with van der Waals surface area (Å²) in [5, 5.41) is 18.3. The van der Waals surface area contributed by atoms with E-state index in [1.807, 2.05) is 19.2 Å². The largest absolute Gasteiger partial charge is 0.362 e. The van der Waals surface area contributed by atoms with Gasteiger partial charge in [-0.2, -0.15) is 10.4 Å². The van der Waals surface area contributed by atoms with Crippen LogP contribution >= 0.6 is 0 Å². The minimum Gasteiger partial charge on any atom is -0.362 e. The number of hydrogen-bond donors (Lipinski definition) is 2. The van der Waals surface area contributed by atoms with E-state index in [0.29, 0.717) is 11.5 Å². The molecule has 0 amide bonds. The van der Waals surface area contributed by atoms with Crippen molar-refractivity contribution in [2.24, 2.45) is 0 Å². The van der Waals surface area contributed by atoms with Crippen molar-refractivity contribution in [3.05, 3.63) is 36.0 Å². The fraction of sp³-hybridized carbons (Fsp3) is 0.200. The highest BCUT2D eigenvalue weighted by Crippen LogP contribution is 2.15. The van der Waals surface area contributed by atoms with Crippen LogP contribution in [-0.2, 0) is 0 Å². The van der Waals surface area contributed by atoms with Crippen LogP contribution in [0.15, 0.2) is 24.8 Å². The molecule has 0 aliphatic rings. The number of hydrogen-bond acceptors (Lipinski definition) is 5. The molecule has 1 unspecified atom stereocenters. The van der Waals surface area contributed by atoms with Gasteiger partial charge in [-0.15, -0.1) is 0 Å². The van der Waals surface area contributed by atoms with Gasteiger partial charge in [0.05, 0.1) is 24.6 Å². The molecule has 16 heavy (non-hydrogen) atoms. The van der Waals surface area contributed by atoms with Gasteiger partial charge in [-0.05, 0) is 6.92 Å². The lowest BCUT2D eigenvalue weighted by molar-refractivity contribution is 0.872. The first-order chi connectivity index (χ1) is 7.79. The van der Waals surface area contributed by atoms with E-state index in [1.165, 1.54) is 12.4 Å². The number of H-pyrrole nitrogens is 1. The van der Waals surface area contributed by atoms with Crippen molar-refractivity contribution < 1.29 is 0 Å². The van der Waals surface area contributed by atoms with Crippen molar-refractivity contribution in [2.45, 2.75) is 13.0 Å². The Labute approximate surface area is 92.4 Å². The fourth-order valence-electron chi connectivity index (χ4n) is 1.26. The SMILES string of the molecule is CC(Nc1cnc(C#N)cn1)c1cn[nH]c1. The number of anilines is 1. The number of aromatic nitrogens is 4. The lowest BCUT2D eigenvalue weighted by Gasteiger charge is -2.11. The quantitative estimate of drug-likeness (QED) is 0.802. The Hall–Kier alpha value is -2.42. The third kappa shape index (κ3) is 2.15. The summed E-state index contributed by atoms with van der Waals surface area (Å²) in [6, 6.07) is 2.00. The summed E-state index contributed by atoms with van der Waals surface area (Å²) in [4.78, 5) is 7.99. The Morgan fingerprint density at radius 1 is 1.38 bits per heavy atom. The zero-order valence-electron chi connectivity index (χ0n) is 8.68. The summed E-state index contributed by atoms with van der Waals surface area (Å²) in [7, 11) is 0. The average Bonchev–Trinajstić information content (AvgIpc) is 2.83. The lowest BCUT2D eigenvalue weighted by atomic mass is 10.2. The minimum absolute atomic E-state index is 0.0842. The maximum atomic E-state index is 8.58. The van der Waals surface area contributed by atoms with Gasteiger partial charge < -0.3 is 5.32 Å². The van der Waals surface area contributed by atoms with Gasteiger partial charge in [0.25, 0.3) is 0 Å². The van der Waals surface area contributed by atoms with E-state index in [-0.39, 0.29) is 6.04 Å². The molecule has 0 saturated heterocycles. The molecule has 2 aromatic rings. The average molecular weight is 214 g/mol. The van der Waals surface area contributed by atoms with Crippen molar-refractivity contribution in [1.82, 2.24) is 20.2 Å². The Bertz CT molecular complexity index is 481. The molecule has 0 bridgehead atoms. The molecule has 2 aromatic heterocycles. The van der Waals surface area contributed by atoms with Crippen molar-refractivity contribution in [3.63, 3.8) is 0 Å². The number of aromatic amines is 1. The van der Waals surface area contributed by atoms with E-state index >= 15 is 0 Å². The number of nitriles is 1. The molecule has 0 saturated carbocycles. The van der Waals surface area contributed by atoms with Gasteiger partial charge in [0.15, 0.2) is 5.69 Å². The molecular formula is C10H10N6. The van der Waals surface area contributed by atoms with Crippen molar-refractivity contribution in [3.8, 4) is 6.07 Å². The van der Waals surface area contributed by atoms with Crippen LogP contribution in [0.25, 0.3) is 0 Å². The van der Waals surface area contributed by atoms with Gasteiger partial charge in [-0.1, -0.05) is 0 Å². The third-order valence-electron chi connectivity index (χ3n) is 2.15. The summed E-state index contributed by atoms with van der Waals surface area (Å²) in [6.45, 7) is 1.99. The van der Waals surface area contributed by atoms with Crippen LogP contribution in [0.4, 0.5) is 5.82 Å². The second kappa shape index (κ2) is 4.40. The molecule has 1 atom stereocenters. The first-order valence-electron chi connectivity index (χ1n) is 4.77. The number of nitrogens with zero attached hydrogens (tertiary/aromatic N) is 4. The minimum atomic E-state index is 0.0842. The van der Waals surface area contributed by atoms with Gasteiger partial charge >= 0.3 is 0 Å². The van der Waals surface area contributed by atoms with Crippen LogP contribution in [0.2, 0.25) is 0 Å². The molecule has 2 rings (SSSR count). The Morgan fingerprint density at radius 2 is 2.25 bits per heavy atom. The van der Waals surface area contributed by atoms with Gasteiger partial charge in [0.1, 0.15) is 11.9 Å². The molecule has 0 fully saturated rings. The van der Waals surface area contributed by atoms with E-state index in [1.54, 1.807) is 6.20 Å². The van der Waals surface area contributed by atoms with E-state index in [0.717, 1.165) is 5.56 Å². The van der Waals surface area contributed by atoms with Crippen molar-refractivity contribution in [2.75, 3.05) is 5.32 Å². The van der Waals surface area contributed by atoms with E-state index in [9.17, 15) is 0 Å². The lowest BCUT2D eigenvalue weighted by Crippen LogP contribution is -2.07. The summed E-state index contributed by atoms with van der Waals surface area (Å²) in [6.07, 6.45) is 6.53. The van der Waals surface area contributed by atoms with Gasteiger partial charge in [0.2, 0.25) is 0 Å². The highest BCUT2D eigenvalue weighted by molar-refractivity contribution is 5.36. The molecular weight excluding hydrogens is 204 g/mol. The number of nitrogens with one attached hydrogen (secondary N) is 2. The van der Waals surface area contributed by atoms with Crippen molar-refractivity contribution >= 4 is 5.82 Å². The standard InChI is InChI=1S/C10H10N6/c1-7(8-3-14-15-4-8)16-10-6-12-9(2-11)5-13-10/h3-7H,1H3,(H,13,16)(H,14,15). The van der Waals surface area contributed by atoms with Gasteiger partial charge in [-0.3, -0.25) is 5.10 Å². The molecule has 2 N–H and O–H groups in total. The summed E-state index contributed by atoms with van der Waals surface area (Å²) in [5.74, 6) is 0.632. The van der Waals surface area contributed by atoms with Crippen LogP contribution in [0.5, 0.6) is 0 Å². The summed E-state index contributed by atoms with van der Waals surface area (Å²) in [5.41, 5.74) is 1.34. The highest BCUT2D eigenvalue weighted by atomic mass is 15.1. The molecule has 0 aliphatic heterocycles. The molecule has 0 aromatic carbocycles. The van der Waals surface area contributed by atoms with Gasteiger partial charge in [-0.25, -0.2) is 9.97 Å². The normalized spacial score (nSPS) is 11.8. The molecule has 0 aliphatic carbocycles. The van der Waals surface area contributed by atoms with Crippen LogP contribution < -0.4 is 5.32 Å². The predicted octanol–water partition coefficient (Wildman–Crippen LogP) is 1.24. The molecule has 0 spiro atoms. The van der Waals surface area contributed by atoms with E-state index in [2.05, 4.69) is 25.5 Å². The maximum Gasteiger partial charge on any atom is 0.158 e. The second-order valence-electron chi connectivity index (χ2n) is 3.30. The van der Waals surface area contributed by atoms with E-state index in [4.69, 9.17) is 5.26 Å². The van der Waals surface area contributed by atoms with Crippen LogP contribution in [0.1, 0.15) is 24.2 Å². The summed E-state index contributed by atoms with van der Waals surface area (Å²) < 4.78 is 0. The van der Waals surface area contributed by atoms with Crippen LogP contribution in [0.3, 0.4) is 0 Å². The predicted molar refractivity (Wildman–Crippen MR) is 57.4 cm³/mol. The van der Waals surface area contributed by atoms with Crippen molar-refractivity contribution in [1.29, 1.82) is 5.26 Å². The fourth-order valence-corrected chi connectivity index (χ4v) is 1.26. The Kier molecular flexibility index (Phi) is 2.78. The Morgan fingerprint density at radius 3 is 2.81 bits per heavy atom. The molecule has 6 heteroatoms. The van der Waals surface area contributed by atoms with Gasteiger partial charge in [0, 0.05) is 11.8 Å². The first kappa shape index (κ1) is 10.1. The topological polar surface area (TPSA) is 90.3 Å². The molecule has 80 valence electrons. The zero-order valence-corrected chi connectivity index (χ0v) is 8.68. The third-order valence-corrected chi connectivity index (χ3v) is 2.15. The molecule has 0 radical (unpaired) electrons. The van der Waals surface area contributed by atoms with Crippen LogP contribution in [-0.4, -0.2) is 20.2 Å². The Balaban J connectivity index is 2.07. The van der Waals surface area contributed by atoms with E-state index < -0.39 is 0 Å². The second-order valence-corrected chi connectivity index (χ2v) is 3.30. The highest BCUT2D eigenvalue weighted by Gasteiger charge is 2.06. The molecule has 2 heterocycles. The maximum absolute atomic E-state index is 8.58. The smallest absolute Gasteiger partial charge is 0.158 e. The van der Waals surface area contributed by atoms with Crippen LogP contribution in [0, 0.1) is 11.3 Å². The first-order valence-corrected chi connectivity index (χ1v) is 4.77. The summed E-state index contributed by atoms with van der Waals surface area (Å²) >= 11 is 0. The molecule has 6 nitrogen and oxygen atoms in total. The number of rotatable bonds is 3. The zero-order chi connectivity index (χ0) is 11.4. The monoisotopic (exact) mass is 214 g/mol.